The summed E-state index contributed by atoms with van der Waals surface area (Å²) in [6, 6.07) is 6.24. The van der Waals surface area contributed by atoms with Crippen molar-refractivity contribution in [2.45, 2.75) is 81.3 Å². The minimum Gasteiger partial charge on any atom is -0.375 e. The molecule has 0 radical (unpaired) electrons. The number of pyridine rings is 1. The largest absolute Gasteiger partial charge is 0.375 e. The Morgan fingerprint density at radius 3 is 2.80 bits per heavy atom. The Labute approximate surface area is 181 Å². The van der Waals surface area contributed by atoms with E-state index >= 15 is 0 Å². The molecule has 2 aromatic heterocycles. The van der Waals surface area contributed by atoms with Crippen LogP contribution in [0.5, 0.6) is 0 Å². The zero-order valence-corrected chi connectivity index (χ0v) is 18.2. The van der Waals surface area contributed by atoms with Gasteiger partial charge in [0.2, 0.25) is 0 Å². The van der Waals surface area contributed by atoms with Crippen LogP contribution in [0.15, 0.2) is 29.8 Å². The van der Waals surface area contributed by atoms with E-state index in [2.05, 4.69) is 17.4 Å². The third kappa shape index (κ3) is 3.94. The highest BCUT2D eigenvalue weighted by molar-refractivity contribution is 7.10. The first kappa shape index (κ1) is 20.5. The molecule has 0 bridgehead atoms. The quantitative estimate of drug-likeness (QED) is 0.619. The van der Waals surface area contributed by atoms with Crippen LogP contribution in [-0.4, -0.2) is 29.7 Å². The number of halogens is 2. The van der Waals surface area contributed by atoms with E-state index in [1.807, 2.05) is 17.6 Å². The van der Waals surface area contributed by atoms with Gasteiger partial charge in [-0.2, -0.15) is 0 Å². The van der Waals surface area contributed by atoms with Crippen molar-refractivity contribution in [3.63, 3.8) is 0 Å². The van der Waals surface area contributed by atoms with Crippen molar-refractivity contribution >= 4 is 11.3 Å². The summed E-state index contributed by atoms with van der Waals surface area (Å²) in [7, 11) is 0. The van der Waals surface area contributed by atoms with Crippen LogP contribution in [0.2, 0.25) is 0 Å². The van der Waals surface area contributed by atoms with Crippen LogP contribution in [0, 0.1) is 0 Å². The van der Waals surface area contributed by atoms with Gasteiger partial charge in [0.05, 0.1) is 5.60 Å². The molecule has 3 nitrogen and oxygen atoms in total. The molecule has 0 aromatic carbocycles. The molecule has 0 amide bonds. The van der Waals surface area contributed by atoms with Gasteiger partial charge in [0, 0.05) is 48.2 Å². The fourth-order valence-electron chi connectivity index (χ4n) is 5.90. The van der Waals surface area contributed by atoms with Gasteiger partial charge in [-0.1, -0.05) is 18.9 Å². The molecule has 6 heteroatoms. The average Bonchev–Trinajstić information content (AvgIpc) is 3.41. The Balaban J connectivity index is 1.27. The topological polar surface area (TPSA) is 34.2 Å². The summed E-state index contributed by atoms with van der Waals surface area (Å²) in [5.74, 6) is -2.56. The van der Waals surface area contributed by atoms with Crippen molar-refractivity contribution in [1.82, 2.24) is 10.3 Å². The molecule has 1 saturated heterocycles. The van der Waals surface area contributed by atoms with Crippen LogP contribution in [0.1, 0.15) is 66.6 Å². The second-order valence-corrected chi connectivity index (χ2v) is 10.4. The maximum absolute atomic E-state index is 13.7. The predicted octanol–water partition coefficient (Wildman–Crippen LogP) is 5.42. The van der Waals surface area contributed by atoms with Crippen LogP contribution < -0.4 is 5.32 Å². The van der Waals surface area contributed by atoms with Crippen molar-refractivity contribution < 1.29 is 13.5 Å². The normalized spacial score (nSPS) is 26.9. The number of thiophene rings is 1. The molecule has 0 unspecified atom stereocenters. The van der Waals surface area contributed by atoms with Crippen LogP contribution in [0.4, 0.5) is 8.78 Å². The lowest BCUT2D eigenvalue weighted by atomic mass is 9.68. The van der Waals surface area contributed by atoms with Gasteiger partial charge < -0.3 is 10.1 Å². The molecule has 2 aliphatic carbocycles. The van der Waals surface area contributed by atoms with Gasteiger partial charge in [-0.15, -0.1) is 11.3 Å². The van der Waals surface area contributed by atoms with Crippen molar-refractivity contribution in [1.29, 1.82) is 0 Å². The van der Waals surface area contributed by atoms with Crippen molar-refractivity contribution in [3.05, 3.63) is 51.5 Å². The number of nitrogens with zero attached hydrogens (tertiary/aromatic N) is 1. The van der Waals surface area contributed by atoms with Crippen molar-refractivity contribution in [3.8, 4) is 0 Å². The maximum atomic E-state index is 13.7. The third-order valence-corrected chi connectivity index (χ3v) is 8.47. The van der Waals surface area contributed by atoms with E-state index in [1.165, 1.54) is 18.5 Å². The van der Waals surface area contributed by atoms with Gasteiger partial charge in [0.25, 0.3) is 5.92 Å². The molecular formula is C24H30F2N2OS. The van der Waals surface area contributed by atoms with Gasteiger partial charge in [0.1, 0.15) is 0 Å². The summed E-state index contributed by atoms with van der Waals surface area (Å²) < 4.78 is 33.8. The molecule has 2 fully saturated rings. The van der Waals surface area contributed by atoms with Crippen LogP contribution in [-0.2, 0) is 29.5 Å². The number of alkyl halides is 2. The maximum Gasteiger partial charge on any atom is 0.256 e. The number of hydrogen-bond donors (Lipinski definition) is 1. The highest BCUT2D eigenvalue weighted by atomic mass is 32.1. The highest BCUT2D eigenvalue weighted by Crippen LogP contribution is 2.49. The molecule has 1 atom stereocenters. The number of rotatable bonds is 6. The zero-order valence-electron chi connectivity index (χ0n) is 17.4. The second-order valence-electron chi connectivity index (χ2n) is 9.46. The molecule has 3 aliphatic rings. The SMILES string of the molecule is FC1(F)Cc2csc(CNCC[C@@]3(c4ccccn4)CCOC4(CCCC4)C3)c2C1. The van der Waals surface area contributed by atoms with Crippen LogP contribution in [0.3, 0.4) is 0 Å². The van der Waals surface area contributed by atoms with E-state index in [0.29, 0.717) is 6.54 Å². The van der Waals surface area contributed by atoms with Crippen LogP contribution >= 0.6 is 11.3 Å². The fraction of sp³-hybridized carbons (Fsp3) is 0.625. The second kappa shape index (κ2) is 7.95. The van der Waals surface area contributed by atoms with Gasteiger partial charge in [-0.25, -0.2) is 8.78 Å². The molecule has 1 aliphatic heterocycles. The van der Waals surface area contributed by atoms with E-state index in [4.69, 9.17) is 9.72 Å². The number of fused-ring (bicyclic) bond motifs is 1. The van der Waals surface area contributed by atoms with E-state index in [0.717, 1.165) is 61.3 Å². The predicted molar refractivity (Wildman–Crippen MR) is 115 cm³/mol. The van der Waals surface area contributed by atoms with E-state index in [1.54, 1.807) is 11.3 Å². The van der Waals surface area contributed by atoms with E-state index in [-0.39, 0.29) is 23.9 Å². The molecule has 1 N–H and O–H groups in total. The number of nitrogens with one attached hydrogen (secondary N) is 1. The summed E-state index contributed by atoms with van der Waals surface area (Å²) in [6.45, 7) is 2.33. The molecule has 3 heterocycles. The standard InChI is InChI=1S/C24H30F2N2OS/c25-24(26)13-18-16-30-20(19(18)14-24)15-27-11-8-22(21-5-1-4-10-28-21)9-12-29-23(17-22)6-2-3-7-23/h1,4-5,10,16,27H,2-3,6-9,11-15,17H2/t22-/m1/s1. The smallest absolute Gasteiger partial charge is 0.256 e. The van der Waals surface area contributed by atoms with Gasteiger partial charge in [-0.3, -0.25) is 4.98 Å². The number of hydrogen-bond acceptors (Lipinski definition) is 4. The Kier molecular flexibility index (Phi) is 5.44. The molecule has 1 spiro atoms. The molecule has 162 valence electrons. The molecular weight excluding hydrogens is 402 g/mol. The fourth-order valence-corrected chi connectivity index (χ4v) is 6.94. The van der Waals surface area contributed by atoms with E-state index in [9.17, 15) is 8.78 Å². The molecule has 30 heavy (non-hydrogen) atoms. The lowest BCUT2D eigenvalue weighted by Crippen LogP contribution is -2.47. The Morgan fingerprint density at radius 2 is 2.00 bits per heavy atom. The Bertz CT molecular complexity index is 879. The van der Waals surface area contributed by atoms with Gasteiger partial charge in [0.15, 0.2) is 0 Å². The van der Waals surface area contributed by atoms with Gasteiger partial charge >= 0.3 is 0 Å². The third-order valence-electron chi connectivity index (χ3n) is 7.39. The monoisotopic (exact) mass is 432 g/mol. The van der Waals surface area contributed by atoms with Crippen molar-refractivity contribution in [2.75, 3.05) is 13.2 Å². The lowest BCUT2D eigenvalue weighted by Gasteiger charge is -2.46. The summed E-state index contributed by atoms with van der Waals surface area (Å²) in [5.41, 5.74) is 2.96. The first-order valence-electron chi connectivity index (χ1n) is 11.2. The van der Waals surface area contributed by atoms with Gasteiger partial charge in [-0.05, 0) is 67.3 Å². The summed E-state index contributed by atoms with van der Waals surface area (Å²) in [6.07, 6.45) is 9.57. The van der Waals surface area contributed by atoms with E-state index < -0.39 is 5.92 Å². The minimum atomic E-state index is -2.56. The van der Waals surface area contributed by atoms with Crippen LogP contribution in [0.25, 0.3) is 0 Å². The van der Waals surface area contributed by atoms with Crippen molar-refractivity contribution in [2.24, 2.45) is 0 Å². The Hall–Kier alpha value is -1.37. The highest BCUT2D eigenvalue weighted by Gasteiger charge is 2.48. The minimum absolute atomic E-state index is 0.0237. The summed E-state index contributed by atoms with van der Waals surface area (Å²) in [5, 5.41) is 5.48. The Morgan fingerprint density at radius 1 is 1.13 bits per heavy atom. The molecule has 5 rings (SSSR count). The number of aromatic nitrogens is 1. The number of ether oxygens (including phenoxy) is 1. The summed E-state index contributed by atoms with van der Waals surface area (Å²) in [4.78, 5) is 5.83. The lowest BCUT2D eigenvalue weighted by molar-refractivity contribution is -0.104. The first-order chi connectivity index (χ1) is 14.5. The molecule has 2 aromatic rings. The zero-order chi connectivity index (χ0) is 20.7. The summed E-state index contributed by atoms with van der Waals surface area (Å²) >= 11 is 1.62. The average molecular weight is 433 g/mol. The molecule has 1 saturated carbocycles. The first-order valence-corrected chi connectivity index (χ1v) is 12.1.